The lowest BCUT2D eigenvalue weighted by atomic mass is 9.98. The third kappa shape index (κ3) is 5.24. The molecule has 0 aliphatic carbocycles. The van der Waals surface area contributed by atoms with Crippen LogP contribution in [0.1, 0.15) is 37.8 Å². The van der Waals surface area contributed by atoms with Crippen molar-refractivity contribution in [1.82, 2.24) is 9.97 Å². The fourth-order valence-corrected chi connectivity index (χ4v) is 3.95. The standard InChI is InChI=1S/C23H24F3N3O2/c24-23(25,26)9-2-1-3-19-14-27-21(18-4-5-20-17(13-18)8-12-31-20)22(28-19)29-10-6-16(15-30)7-11-29/h4-5,8,12-16H,1-3,6-7,9-11H2. The fourth-order valence-electron chi connectivity index (χ4n) is 3.95. The maximum absolute atomic E-state index is 12.4. The fraction of sp³-hybridized carbons (Fsp3) is 0.435. The van der Waals surface area contributed by atoms with Crippen molar-refractivity contribution in [3.8, 4) is 11.3 Å². The van der Waals surface area contributed by atoms with E-state index < -0.39 is 12.6 Å². The Bertz CT molecular complexity index is 1040. The number of aromatic nitrogens is 2. The number of unbranched alkanes of at least 4 members (excludes halogenated alkanes) is 1. The number of anilines is 1. The molecule has 0 radical (unpaired) electrons. The van der Waals surface area contributed by atoms with Gasteiger partial charge in [0.2, 0.25) is 0 Å². The molecule has 0 bridgehead atoms. The topological polar surface area (TPSA) is 59.2 Å². The highest BCUT2D eigenvalue weighted by Gasteiger charge is 2.26. The second-order valence-electron chi connectivity index (χ2n) is 7.99. The van der Waals surface area contributed by atoms with Gasteiger partial charge in [-0.05, 0) is 56.4 Å². The summed E-state index contributed by atoms with van der Waals surface area (Å²) in [6.07, 6.45) is 1.81. The van der Waals surface area contributed by atoms with Gasteiger partial charge in [-0.3, -0.25) is 4.98 Å². The first-order valence-corrected chi connectivity index (χ1v) is 10.5. The average Bonchev–Trinajstić information content (AvgIpc) is 3.24. The van der Waals surface area contributed by atoms with E-state index in [2.05, 4.69) is 9.88 Å². The van der Waals surface area contributed by atoms with Gasteiger partial charge in [-0.2, -0.15) is 13.2 Å². The van der Waals surface area contributed by atoms with Gasteiger partial charge in [-0.15, -0.1) is 0 Å². The molecule has 5 nitrogen and oxygen atoms in total. The summed E-state index contributed by atoms with van der Waals surface area (Å²) < 4.78 is 42.7. The van der Waals surface area contributed by atoms with Crippen LogP contribution in [0.4, 0.5) is 19.0 Å². The Morgan fingerprint density at radius 2 is 1.97 bits per heavy atom. The molecule has 1 saturated heterocycles. The number of piperidine rings is 1. The molecule has 4 rings (SSSR count). The normalized spacial score (nSPS) is 15.5. The summed E-state index contributed by atoms with van der Waals surface area (Å²) in [5.41, 5.74) is 3.10. The highest BCUT2D eigenvalue weighted by atomic mass is 19.4. The Labute approximate surface area is 178 Å². The van der Waals surface area contributed by atoms with E-state index in [1.54, 1.807) is 12.5 Å². The highest BCUT2D eigenvalue weighted by Crippen LogP contribution is 2.32. The first-order chi connectivity index (χ1) is 14.9. The van der Waals surface area contributed by atoms with E-state index in [1.165, 1.54) is 0 Å². The quantitative estimate of drug-likeness (QED) is 0.361. The van der Waals surface area contributed by atoms with E-state index in [-0.39, 0.29) is 12.3 Å². The number of aryl methyl sites for hydroxylation is 1. The predicted octanol–water partition coefficient (Wildman–Crippen LogP) is 5.58. The summed E-state index contributed by atoms with van der Waals surface area (Å²) in [5, 5.41) is 0.959. The maximum atomic E-state index is 12.4. The number of fused-ring (bicyclic) bond motifs is 1. The van der Waals surface area contributed by atoms with Gasteiger partial charge < -0.3 is 14.1 Å². The third-order valence-electron chi connectivity index (χ3n) is 5.70. The second kappa shape index (κ2) is 9.08. The first-order valence-electron chi connectivity index (χ1n) is 10.5. The summed E-state index contributed by atoms with van der Waals surface area (Å²) in [5.74, 6) is 0.779. The van der Waals surface area contributed by atoms with Gasteiger partial charge in [0.15, 0.2) is 5.82 Å². The summed E-state index contributed by atoms with van der Waals surface area (Å²) >= 11 is 0. The molecule has 0 N–H and O–H groups in total. The van der Waals surface area contributed by atoms with Crippen LogP contribution in [0.5, 0.6) is 0 Å². The SMILES string of the molecule is O=CC1CCN(c2nc(CCCCC(F)(F)F)cnc2-c2ccc3occc3c2)CC1. The van der Waals surface area contributed by atoms with Crippen LogP contribution >= 0.6 is 0 Å². The Balaban J connectivity index is 1.59. The number of aldehydes is 1. The van der Waals surface area contributed by atoms with E-state index in [0.29, 0.717) is 31.6 Å². The lowest BCUT2D eigenvalue weighted by Gasteiger charge is -2.32. The molecule has 1 aliphatic rings. The Kier molecular flexibility index (Phi) is 6.25. The number of furan rings is 1. The van der Waals surface area contributed by atoms with Crippen LogP contribution in [0.2, 0.25) is 0 Å². The second-order valence-corrected chi connectivity index (χ2v) is 7.99. The number of nitrogens with zero attached hydrogens (tertiary/aromatic N) is 3. The van der Waals surface area contributed by atoms with Crippen LogP contribution < -0.4 is 4.90 Å². The Morgan fingerprint density at radius 3 is 2.71 bits per heavy atom. The summed E-state index contributed by atoms with van der Waals surface area (Å²) in [6.45, 7) is 1.38. The molecular formula is C23H24F3N3O2. The predicted molar refractivity (Wildman–Crippen MR) is 112 cm³/mol. The molecular weight excluding hydrogens is 407 g/mol. The molecule has 1 aromatic carbocycles. The van der Waals surface area contributed by atoms with Crippen molar-refractivity contribution in [2.24, 2.45) is 5.92 Å². The molecule has 0 atom stereocenters. The number of rotatable bonds is 7. The van der Waals surface area contributed by atoms with Gasteiger partial charge in [0, 0.05) is 42.6 Å². The molecule has 0 unspecified atom stereocenters. The van der Waals surface area contributed by atoms with E-state index in [1.807, 2.05) is 24.3 Å². The summed E-state index contributed by atoms with van der Waals surface area (Å²) in [6, 6.07) is 7.70. The third-order valence-corrected chi connectivity index (χ3v) is 5.70. The van der Waals surface area contributed by atoms with E-state index in [0.717, 1.165) is 47.2 Å². The van der Waals surface area contributed by atoms with Gasteiger partial charge in [0.1, 0.15) is 17.6 Å². The molecule has 1 fully saturated rings. The lowest BCUT2D eigenvalue weighted by Crippen LogP contribution is -2.35. The zero-order chi connectivity index (χ0) is 21.8. The van der Waals surface area contributed by atoms with Crippen LogP contribution in [0.25, 0.3) is 22.2 Å². The molecule has 8 heteroatoms. The van der Waals surface area contributed by atoms with Crippen molar-refractivity contribution < 1.29 is 22.4 Å². The number of hydrogen-bond acceptors (Lipinski definition) is 5. The molecule has 0 amide bonds. The van der Waals surface area contributed by atoms with Crippen molar-refractivity contribution in [2.75, 3.05) is 18.0 Å². The Hall–Kier alpha value is -2.90. The monoisotopic (exact) mass is 431 g/mol. The van der Waals surface area contributed by atoms with Gasteiger partial charge in [0.25, 0.3) is 0 Å². The summed E-state index contributed by atoms with van der Waals surface area (Å²) in [4.78, 5) is 22.7. The maximum Gasteiger partial charge on any atom is 0.389 e. The van der Waals surface area contributed by atoms with Crippen LogP contribution in [-0.4, -0.2) is 35.5 Å². The molecule has 0 saturated carbocycles. The number of alkyl halides is 3. The molecule has 0 spiro atoms. The van der Waals surface area contributed by atoms with E-state index in [9.17, 15) is 18.0 Å². The van der Waals surface area contributed by atoms with Crippen LogP contribution in [0.3, 0.4) is 0 Å². The van der Waals surface area contributed by atoms with E-state index >= 15 is 0 Å². The van der Waals surface area contributed by atoms with Crippen molar-refractivity contribution >= 4 is 23.1 Å². The van der Waals surface area contributed by atoms with Gasteiger partial charge in [0.05, 0.1) is 12.0 Å². The van der Waals surface area contributed by atoms with Crippen molar-refractivity contribution in [1.29, 1.82) is 0 Å². The molecule has 1 aliphatic heterocycles. The zero-order valence-electron chi connectivity index (χ0n) is 17.1. The van der Waals surface area contributed by atoms with Gasteiger partial charge in [-0.1, -0.05) is 0 Å². The minimum Gasteiger partial charge on any atom is -0.464 e. The molecule has 2 aromatic heterocycles. The van der Waals surface area contributed by atoms with Crippen molar-refractivity contribution in [2.45, 2.75) is 44.7 Å². The lowest BCUT2D eigenvalue weighted by molar-refractivity contribution is -0.135. The number of benzene rings is 1. The van der Waals surface area contributed by atoms with Gasteiger partial charge >= 0.3 is 6.18 Å². The minimum absolute atomic E-state index is 0.0560. The Morgan fingerprint density at radius 1 is 1.16 bits per heavy atom. The zero-order valence-corrected chi connectivity index (χ0v) is 17.1. The molecule has 3 heterocycles. The molecule has 31 heavy (non-hydrogen) atoms. The van der Waals surface area contributed by atoms with Gasteiger partial charge in [-0.25, -0.2) is 4.98 Å². The van der Waals surface area contributed by atoms with Crippen LogP contribution in [0.15, 0.2) is 41.1 Å². The van der Waals surface area contributed by atoms with Crippen LogP contribution in [-0.2, 0) is 11.2 Å². The highest BCUT2D eigenvalue weighted by molar-refractivity contribution is 5.85. The van der Waals surface area contributed by atoms with Crippen molar-refractivity contribution in [3.05, 3.63) is 42.4 Å². The first kappa shape index (κ1) is 21.3. The smallest absolute Gasteiger partial charge is 0.389 e. The molecule has 3 aromatic rings. The number of carbonyl (C=O) groups is 1. The number of hydrogen-bond donors (Lipinski definition) is 0. The summed E-state index contributed by atoms with van der Waals surface area (Å²) in [7, 11) is 0. The minimum atomic E-state index is -4.13. The number of halogens is 3. The largest absolute Gasteiger partial charge is 0.464 e. The van der Waals surface area contributed by atoms with Crippen LogP contribution in [0, 0.1) is 5.92 Å². The molecule has 164 valence electrons. The number of carbonyl (C=O) groups excluding carboxylic acids is 1. The average molecular weight is 431 g/mol. The van der Waals surface area contributed by atoms with Crippen molar-refractivity contribution in [3.63, 3.8) is 0 Å². The van der Waals surface area contributed by atoms with E-state index in [4.69, 9.17) is 9.40 Å².